The number of nitrogens with one attached hydrogen (secondary N) is 1. The molecule has 0 unspecified atom stereocenters. The highest BCUT2D eigenvalue weighted by molar-refractivity contribution is 5.76. The van der Waals surface area contributed by atoms with Crippen molar-refractivity contribution in [3.05, 3.63) is 23.8 Å². The number of esters is 2. The molecule has 0 fully saturated rings. The normalized spacial score (nSPS) is 11.2. The molecule has 0 aliphatic rings. The van der Waals surface area contributed by atoms with Gasteiger partial charge in [0.05, 0.1) is 20.3 Å². The molecule has 0 aliphatic heterocycles. The minimum atomic E-state index is -0.964. The lowest BCUT2D eigenvalue weighted by Gasteiger charge is -2.18. The Hall–Kier alpha value is -3.34. The third-order valence-electron chi connectivity index (χ3n) is 4.91. The summed E-state index contributed by atoms with van der Waals surface area (Å²) in [5, 5.41) is 3.01. The van der Waals surface area contributed by atoms with Crippen LogP contribution in [-0.4, -0.2) is 63.8 Å². The van der Waals surface area contributed by atoms with E-state index in [2.05, 4.69) is 12.2 Å². The van der Waals surface area contributed by atoms with E-state index in [1.54, 1.807) is 6.07 Å². The maximum atomic E-state index is 12.3. The van der Waals surface area contributed by atoms with Crippen LogP contribution in [0.4, 0.5) is 9.59 Å². The minimum absolute atomic E-state index is 0.0455. The van der Waals surface area contributed by atoms with E-state index >= 15 is 0 Å². The summed E-state index contributed by atoms with van der Waals surface area (Å²) in [5.41, 5.74) is 0.576. The van der Waals surface area contributed by atoms with E-state index in [1.165, 1.54) is 19.2 Å². The average molecular weight is 526 g/mol. The smallest absolute Gasteiger partial charge is 0.468 e. The van der Waals surface area contributed by atoms with Crippen LogP contribution in [0.3, 0.4) is 0 Å². The van der Waals surface area contributed by atoms with Gasteiger partial charge in [-0.25, -0.2) is 9.59 Å². The number of rotatable bonds is 17. The summed E-state index contributed by atoms with van der Waals surface area (Å²) in [4.78, 5) is 48.0. The van der Waals surface area contributed by atoms with E-state index in [-0.39, 0.29) is 50.3 Å². The van der Waals surface area contributed by atoms with Crippen LogP contribution >= 0.6 is 0 Å². The van der Waals surface area contributed by atoms with Crippen LogP contribution in [0.25, 0.3) is 0 Å². The second-order valence-corrected chi connectivity index (χ2v) is 8.09. The van der Waals surface area contributed by atoms with E-state index in [9.17, 15) is 19.2 Å². The molecule has 0 saturated heterocycles. The lowest BCUT2D eigenvalue weighted by Crippen LogP contribution is -2.41. The molecule has 37 heavy (non-hydrogen) atoms. The molecule has 208 valence electrons. The molecular formula is C26H39NO10. The molecule has 0 heterocycles. The Kier molecular flexibility index (Phi) is 16.2. The first kappa shape index (κ1) is 31.7. The molecule has 1 aromatic carbocycles. The van der Waals surface area contributed by atoms with Crippen LogP contribution in [0, 0.1) is 0 Å². The summed E-state index contributed by atoms with van der Waals surface area (Å²) in [6.07, 6.45) is 2.56. The third-order valence-corrected chi connectivity index (χ3v) is 4.91. The maximum absolute atomic E-state index is 12.3. The van der Waals surface area contributed by atoms with Crippen molar-refractivity contribution in [2.75, 3.05) is 33.5 Å². The van der Waals surface area contributed by atoms with Gasteiger partial charge in [0.15, 0.2) is 11.5 Å². The SMILES string of the molecule is CCCCCC(=O)OCCN[C@@H](Cc1ccc(OC(=O)OCCC)c(OC(=O)OCCC)c1)C(=O)OC. The van der Waals surface area contributed by atoms with E-state index in [0.29, 0.717) is 24.8 Å². The topological polar surface area (TPSA) is 136 Å². The molecule has 0 radical (unpaired) electrons. The molecule has 11 nitrogen and oxygen atoms in total. The standard InChI is InChI=1S/C26H39NO10/c1-5-8-9-10-23(28)33-16-13-27-20(24(29)32-4)17-19-11-12-21(36-25(30)34-14-6-2)22(18-19)37-26(31)35-15-7-3/h11-12,18,20,27H,5-10,13-17H2,1-4H3/t20-/m0/s1. The van der Waals surface area contributed by atoms with Gasteiger partial charge in [-0.1, -0.05) is 39.7 Å². The molecule has 0 aliphatic carbocycles. The van der Waals surface area contributed by atoms with Gasteiger partial charge in [-0.3, -0.25) is 9.59 Å². The summed E-state index contributed by atoms with van der Waals surface area (Å²) in [7, 11) is 1.27. The van der Waals surface area contributed by atoms with E-state index in [4.69, 9.17) is 28.4 Å². The van der Waals surface area contributed by atoms with E-state index in [0.717, 1.165) is 19.3 Å². The average Bonchev–Trinajstić information content (AvgIpc) is 2.89. The van der Waals surface area contributed by atoms with Gasteiger partial charge in [0.25, 0.3) is 0 Å². The van der Waals surface area contributed by atoms with E-state index in [1.807, 2.05) is 13.8 Å². The third kappa shape index (κ3) is 13.5. The predicted molar refractivity (Wildman–Crippen MR) is 134 cm³/mol. The second kappa shape index (κ2) is 18.9. The van der Waals surface area contributed by atoms with E-state index < -0.39 is 24.3 Å². The Balaban J connectivity index is 2.88. The minimum Gasteiger partial charge on any atom is -0.468 e. The van der Waals surface area contributed by atoms with Crippen LogP contribution < -0.4 is 14.8 Å². The van der Waals surface area contributed by atoms with Crippen molar-refractivity contribution < 1.29 is 47.6 Å². The van der Waals surface area contributed by atoms with Crippen LogP contribution in [0.1, 0.15) is 64.9 Å². The summed E-state index contributed by atoms with van der Waals surface area (Å²) in [6, 6.07) is 3.72. The maximum Gasteiger partial charge on any atom is 0.513 e. The Morgan fingerprint density at radius 2 is 1.46 bits per heavy atom. The van der Waals surface area contributed by atoms with Crippen molar-refractivity contribution in [1.29, 1.82) is 0 Å². The number of carbonyl (C=O) groups is 4. The fourth-order valence-corrected chi connectivity index (χ4v) is 3.06. The van der Waals surface area contributed by atoms with Crippen molar-refractivity contribution in [3.8, 4) is 11.5 Å². The number of hydrogen-bond acceptors (Lipinski definition) is 11. The molecule has 1 rings (SSSR count). The van der Waals surface area contributed by atoms with Crippen molar-refractivity contribution >= 4 is 24.2 Å². The highest BCUT2D eigenvalue weighted by Gasteiger charge is 2.22. The van der Waals surface area contributed by atoms with Gasteiger partial charge in [0, 0.05) is 13.0 Å². The summed E-state index contributed by atoms with van der Waals surface area (Å²) < 4.78 is 30.4. The lowest BCUT2D eigenvalue weighted by atomic mass is 10.1. The number of ether oxygens (including phenoxy) is 6. The first-order chi connectivity index (χ1) is 17.8. The van der Waals surface area contributed by atoms with Crippen molar-refractivity contribution in [2.45, 2.75) is 71.8 Å². The monoisotopic (exact) mass is 525 g/mol. The highest BCUT2D eigenvalue weighted by atomic mass is 16.7. The van der Waals surface area contributed by atoms with Crippen LogP contribution in [-0.2, 0) is 35.0 Å². The Labute approximate surface area is 218 Å². The number of benzene rings is 1. The number of unbranched alkanes of at least 4 members (excludes halogenated alkanes) is 2. The fourth-order valence-electron chi connectivity index (χ4n) is 3.06. The van der Waals surface area contributed by atoms with Crippen LogP contribution in [0.2, 0.25) is 0 Å². The molecule has 0 aromatic heterocycles. The van der Waals surface area contributed by atoms with Gasteiger partial charge < -0.3 is 33.7 Å². The van der Waals surface area contributed by atoms with Gasteiger partial charge in [0.2, 0.25) is 0 Å². The quantitative estimate of drug-likeness (QED) is 0.135. The number of carbonyl (C=O) groups excluding carboxylic acids is 4. The summed E-state index contributed by atoms with van der Waals surface area (Å²) in [5.74, 6) is -0.926. The first-order valence-electron chi connectivity index (χ1n) is 12.6. The van der Waals surface area contributed by atoms with Gasteiger partial charge in [-0.2, -0.15) is 0 Å². The zero-order valence-corrected chi connectivity index (χ0v) is 22.2. The Morgan fingerprint density at radius 1 is 0.811 bits per heavy atom. The summed E-state index contributed by atoms with van der Waals surface area (Å²) in [6.45, 7) is 6.39. The van der Waals surface area contributed by atoms with Crippen LogP contribution in [0.15, 0.2) is 18.2 Å². The lowest BCUT2D eigenvalue weighted by molar-refractivity contribution is -0.144. The van der Waals surface area contributed by atoms with Gasteiger partial charge in [0.1, 0.15) is 12.6 Å². The molecule has 0 saturated carbocycles. The molecule has 11 heteroatoms. The Morgan fingerprint density at radius 3 is 2.05 bits per heavy atom. The largest absolute Gasteiger partial charge is 0.513 e. The first-order valence-corrected chi connectivity index (χ1v) is 12.6. The second-order valence-electron chi connectivity index (χ2n) is 8.09. The molecule has 0 bridgehead atoms. The van der Waals surface area contributed by atoms with Gasteiger partial charge in [-0.05, 0) is 43.4 Å². The van der Waals surface area contributed by atoms with Crippen LogP contribution in [0.5, 0.6) is 11.5 Å². The number of methoxy groups -OCH3 is 1. The molecular weight excluding hydrogens is 486 g/mol. The Bertz CT molecular complexity index is 858. The zero-order chi connectivity index (χ0) is 27.5. The fraction of sp³-hybridized carbons (Fsp3) is 0.615. The molecule has 0 amide bonds. The summed E-state index contributed by atoms with van der Waals surface area (Å²) >= 11 is 0. The van der Waals surface area contributed by atoms with Gasteiger partial charge in [-0.15, -0.1) is 0 Å². The predicted octanol–water partition coefficient (Wildman–Crippen LogP) is 4.33. The van der Waals surface area contributed by atoms with Crippen molar-refractivity contribution in [2.24, 2.45) is 0 Å². The highest BCUT2D eigenvalue weighted by Crippen LogP contribution is 2.30. The molecule has 1 N–H and O–H groups in total. The van der Waals surface area contributed by atoms with Crippen molar-refractivity contribution in [1.82, 2.24) is 5.32 Å². The van der Waals surface area contributed by atoms with Crippen molar-refractivity contribution in [3.63, 3.8) is 0 Å². The molecule has 1 atom stereocenters. The molecule has 0 spiro atoms. The molecule has 1 aromatic rings. The number of hydrogen-bond donors (Lipinski definition) is 1. The zero-order valence-electron chi connectivity index (χ0n) is 22.2. The van der Waals surface area contributed by atoms with Gasteiger partial charge >= 0.3 is 24.2 Å².